The highest BCUT2D eigenvalue weighted by atomic mass is 35.5. The maximum atomic E-state index is 10.9. The molecule has 0 atom stereocenters. The largest absolute Gasteiger partial charge is 0.490 e. The van der Waals surface area contributed by atoms with Crippen LogP contribution in [0.5, 0.6) is 5.75 Å². The van der Waals surface area contributed by atoms with Gasteiger partial charge in [-0.05, 0) is 42.3 Å². The van der Waals surface area contributed by atoms with Gasteiger partial charge in [0.25, 0.3) is 5.24 Å². The Morgan fingerprint density at radius 3 is 2.86 bits per heavy atom. The van der Waals surface area contributed by atoms with Crippen molar-refractivity contribution in [2.45, 2.75) is 6.92 Å². The minimum Gasteiger partial charge on any atom is -0.490 e. The van der Waals surface area contributed by atoms with Crippen LogP contribution in [0, 0.1) is 6.92 Å². The summed E-state index contributed by atoms with van der Waals surface area (Å²) in [7, 11) is 0. The molecule has 2 nitrogen and oxygen atoms in total. The monoisotopic (exact) mass is 210 g/mol. The summed E-state index contributed by atoms with van der Waals surface area (Å²) in [6.07, 6.45) is 1.66. The number of benzene rings is 1. The summed E-state index contributed by atoms with van der Waals surface area (Å²) in [5.74, 6) is 0.712. The molecule has 0 aliphatic heterocycles. The van der Waals surface area contributed by atoms with E-state index in [0.717, 1.165) is 5.56 Å². The predicted molar refractivity (Wildman–Crippen MR) is 57.1 cm³/mol. The number of ether oxygens (including phenoxy) is 1. The lowest BCUT2D eigenvalue weighted by atomic mass is 10.1. The Kier molecular flexibility index (Phi) is 3.72. The van der Waals surface area contributed by atoms with Crippen LogP contribution in [0.2, 0.25) is 0 Å². The highest BCUT2D eigenvalue weighted by Crippen LogP contribution is 2.18. The van der Waals surface area contributed by atoms with Gasteiger partial charge in [0.15, 0.2) is 0 Å². The van der Waals surface area contributed by atoms with Gasteiger partial charge < -0.3 is 4.74 Å². The molecule has 0 saturated carbocycles. The van der Waals surface area contributed by atoms with Crippen LogP contribution in [0.3, 0.4) is 0 Å². The van der Waals surface area contributed by atoms with Crippen LogP contribution in [-0.4, -0.2) is 11.8 Å². The lowest BCUT2D eigenvalue weighted by Crippen LogP contribution is -1.97. The molecule has 0 N–H and O–H groups in total. The minimum atomic E-state index is -0.447. The first kappa shape index (κ1) is 10.8. The van der Waals surface area contributed by atoms with Crippen molar-refractivity contribution in [2.24, 2.45) is 0 Å². The van der Waals surface area contributed by atoms with Gasteiger partial charge in [-0.25, -0.2) is 0 Å². The van der Waals surface area contributed by atoms with E-state index in [9.17, 15) is 4.79 Å². The Morgan fingerprint density at radius 1 is 1.64 bits per heavy atom. The Balaban J connectivity index is 2.88. The third kappa shape index (κ3) is 2.60. The molecule has 74 valence electrons. The molecule has 0 spiro atoms. The molecule has 1 aromatic rings. The highest BCUT2D eigenvalue weighted by Gasteiger charge is 2.06. The number of rotatable bonds is 4. The van der Waals surface area contributed by atoms with Crippen molar-refractivity contribution in [3.8, 4) is 5.75 Å². The van der Waals surface area contributed by atoms with E-state index in [4.69, 9.17) is 16.3 Å². The van der Waals surface area contributed by atoms with Crippen molar-refractivity contribution in [1.29, 1.82) is 0 Å². The van der Waals surface area contributed by atoms with Gasteiger partial charge in [-0.2, -0.15) is 0 Å². The van der Waals surface area contributed by atoms with E-state index < -0.39 is 5.24 Å². The van der Waals surface area contributed by atoms with Crippen LogP contribution in [0.25, 0.3) is 0 Å². The Hall–Kier alpha value is -1.28. The first-order valence-electron chi connectivity index (χ1n) is 4.19. The molecule has 0 radical (unpaired) electrons. The van der Waals surface area contributed by atoms with E-state index >= 15 is 0 Å². The molecule has 0 aromatic heterocycles. The molecule has 0 amide bonds. The average molecular weight is 211 g/mol. The summed E-state index contributed by atoms with van der Waals surface area (Å²) in [6.45, 7) is 5.81. The standard InChI is InChI=1S/C11H11ClO2/c1-3-6-14-9-4-5-10(11(12)13)8(2)7-9/h3-5,7H,1,6H2,2H3. The smallest absolute Gasteiger partial charge is 0.252 e. The maximum Gasteiger partial charge on any atom is 0.252 e. The number of hydrogen-bond donors (Lipinski definition) is 0. The Labute approximate surface area is 88.1 Å². The van der Waals surface area contributed by atoms with Crippen LogP contribution >= 0.6 is 11.6 Å². The second-order valence-corrected chi connectivity index (χ2v) is 3.19. The second kappa shape index (κ2) is 4.82. The molecule has 0 heterocycles. The zero-order valence-corrected chi connectivity index (χ0v) is 8.67. The maximum absolute atomic E-state index is 10.9. The van der Waals surface area contributed by atoms with E-state index in [1.54, 1.807) is 24.3 Å². The van der Waals surface area contributed by atoms with Crippen LogP contribution < -0.4 is 4.74 Å². The predicted octanol–water partition coefficient (Wildman–Crippen LogP) is 2.94. The average Bonchev–Trinajstić information content (AvgIpc) is 2.14. The zero-order valence-electron chi connectivity index (χ0n) is 7.92. The van der Waals surface area contributed by atoms with Gasteiger partial charge in [-0.3, -0.25) is 4.79 Å². The number of carbonyl (C=O) groups is 1. The minimum absolute atomic E-state index is 0.447. The Morgan fingerprint density at radius 2 is 2.36 bits per heavy atom. The molecule has 0 aliphatic carbocycles. The van der Waals surface area contributed by atoms with E-state index in [0.29, 0.717) is 17.9 Å². The highest BCUT2D eigenvalue weighted by molar-refractivity contribution is 6.67. The number of aryl methyl sites for hydroxylation is 1. The fraction of sp³-hybridized carbons (Fsp3) is 0.182. The molecule has 3 heteroatoms. The van der Waals surface area contributed by atoms with Crippen LogP contribution in [0.1, 0.15) is 15.9 Å². The quantitative estimate of drug-likeness (QED) is 0.564. The van der Waals surface area contributed by atoms with Gasteiger partial charge in [0.05, 0.1) is 0 Å². The summed E-state index contributed by atoms with van der Waals surface area (Å²) < 4.78 is 5.30. The fourth-order valence-electron chi connectivity index (χ4n) is 1.10. The van der Waals surface area contributed by atoms with E-state index in [1.807, 2.05) is 6.92 Å². The summed E-state index contributed by atoms with van der Waals surface area (Å²) in [6, 6.07) is 5.15. The lowest BCUT2D eigenvalue weighted by molar-refractivity contribution is 0.108. The summed E-state index contributed by atoms with van der Waals surface area (Å²) >= 11 is 5.37. The van der Waals surface area contributed by atoms with Crippen molar-refractivity contribution in [3.63, 3.8) is 0 Å². The van der Waals surface area contributed by atoms with Crippen molar-refractivity contribution >= 4 is 16.8 Å². The normalized spacial score (nSPS) is 9.57. The van der Waals surface area contributed by atoms with Crippen LogP contribution in [-0.2, 0) is 0 Å². The topological polar surface area (TPSA) is 26.3 Å². The van der Waals surface area contributed by atoms with Crippen molar-refractivity contribution in [1.82, 2.24) is 0 Å². The molecule has 14 heavy (non-hydrogen) atoms. The van der Waals surface area contributed by atoms with Gasteiger partial charge in [-0.15, -0.1) is 0 Å². The fourth-order valence-corrected chi connectivity index (χ4v) is 1.31. The second-order valence-electron chi connectivity index (χ2n) is 2.85. The molecule has 0 fully saturated rings. The molecule has 1 rings (SSSR count). The van der Waals surface area contributed by atoms with E-state index in [-0.39, 0.29) is 0 Å². The van der Waals surface area contributed by atoms with Crippen molar-refractivity contribution in [3.05, 3.63) is 42.0 Å². The van der Waals surface area contributed by atoms with Crippen LogP contribution in [0.15, 0.2) is 30.9 Å². The molecule has 0 unspecified atom stereocenters. The van der Waals surface area contributed by atoms with E-state index in [1.165, 1.54) is 0 Å². The third-order valence-corrected chi connectivity index (χ3v) is 1.98. The molecule has 0 saturated heterocycles. The van der Waals surface area contributed by atoms with Gasteiger partial charge in [0.1, 0.15) is 12.4 Å². The first-order valence-corrected chi connectivity index (χ1v) is 4.57. The summed E-state index contributed by atoms with van der Waals surface area (Å²) in [4.78, 5) is 10.9. The molecule has 0 aliphatic rings. The number of halogens is 1. The van der Waals surface area contributed by atoms with Crippen molar-refractivity contribution in [2.75, 3.05) is 6.61 Å². The summed E-state index contributed by atoms with van der Waals surface area (Å²) in [5, 5.41) is -0.447. The van der Waals surface area contributed by atoms with Gasteiger partial charge in [-0.1, -0.05) is 12.7 Å². The molecular formula is C11H11ClO2. The van der Waals surface area contributed by atoms with Gasteiger partial charge in [0, 0.05) is 5.56 Å². The molecule has 1 aromatic carbocycles. The number of hydrogen-bond acceptors (Lipinski definition) is 2. The van der Waals surface area contributed by atoms with Crippen LogP contribution in [0.4, 0.5) is 0 Å². The number of carbonyl (C=O) groups excluding carboxylic acids is 1. The zero-order chi connectivity index (χ0) is 10.6. The molecular weight excluding hydrogens is 200 g/mol. The first-order chi connectivity index (χ1) is 6.65. The third-order valence-electron chi connectivity index (χ3n) is 1.78. The van der Waals surface area contributed by atoms with E-state index in [2.05, 4.69) is 6.58 Å². The summed E-state index contributed by atoms with van der Waals surface area (Å²) in [5.41, 5.74) is 1.32. The Bertz CT molecular complexity index is 358. The molecule has 0 bridgehead atoms. The SMILES string of the molecule is C=CCOc1ccc(C(=O)Cl)c(C)c1. The van der Waals surface area contributed by atoms with Gasteiger partial charge >= 0.3 is 0 Å². The van der Waals surface area contributed by atoms with Crippen molar-refractivity contribution < 1.29 is 9.53 Å². The lowest BCUT2D eigenvalue weighted by Gasteiger charge is -2.05. The van der Waals surface area contributed by atoms with Gasteiger partial charge in [0.2, 0.25) is 0 Å².